The van der Waals surface area contributed by atoms with Crippen LogP contribution in [0.25, 0.3) is 0 Å². The normalized spacial score (nSPS) is 12.2. The summed E-state index contributed by atoms with van der Waals surface area (Å²) in [5.41, 5.74) is 5.42. The maximum atomic E-state index is 12.1. The van der Waals surface area contributed by atoms with Gasteiger partial charge in [-0.25, -0.2) is 4.79 Å². The van der Waals surface area contributed by atoms with Crippen LogP contribution >= 0.6 is 0 Å². The number of amides is 3. The highest BCUT2D eigenvalue weighted by atomic mass is 16.6. The summed E-state index contributed by atoms with van der Waals surface area (Å²) in [5, 5.41) is 34.7. The quantitative estimate of drug-likeness (QED) is 0.0430. The van der Waals surface area contributed by atoms with Crippen molar-refractivity contribution in [3.63, 3.8) is 0 Å². The molecular formula is C40H74N4O13. The number of aliphatic carboxylic acids is 3. The van der Waals surface area contributed by atoms with E-state index in [1.54, 1.807) is 0 Å². The van der Waals surface area contributed by atoms with Gasteiger partial charge in [-0.1, -0.05) is 77.0 Å². The summed E-state index contributed by atoms with van der Waals surface area (Å²) in [5.74, 6) is -3.84. The van der Waals surface area contributed by atoms with Crippen LogP contribution in [0, 0.1) is 0 Å². The van der Waals surface area contributed by atoms with Crippen LogP contribution in [0.5, 0.6) is 0 Å². The number of carbonyl (C=O) groups is 6. The minimum Gasteiger partial charge on any atom is -0.481 e. The Kier molecular flexibility index (Phi) is 37.1. The van der Waals surface area contributed by atoms with Gasteiger partial charge >= 0.3 is 17.9 Å². The van der Waals surface area contributed by atoms with Gasteiger partial charge in [0.25, 0.3) is 0 Å². The van der Waals surface area contributed by atoms with Crippen molar-refractivity contribution in [2.45, 2.75) is 153 Å². The molecule has 0 saturated heterocycles. The Morgan fingerprint density at radius 3 is 1.35 bits per heavy atom. The molecule has 3 amide bonds. The van der Waals surface area contributed by atoms with Crippen LogP contribution in [-0.2, 0) is 47.7 Å². The first-order chi connectivity index (χ1) is 27.5. The van der Waals surface area contributed by atoms with Gasteiger partial charge in [-0.15, -0.1) is 0 Å². The van der Waals surface area contributed by atoms with Gasteiger partial charge < -0.3 is 56.0 Å². The second kappa shape index (κ2) is 39.4. The lowest BCUT2D eigenvalue weighted by Gasteiger charge is -2.14. The molecule has 0 heterocycles. The van der Waals surface area contributed by atoms with Crippen molar-refractivity contribution in [3.8, 4) is 0 Å². The number of carboxylic acids is 3. The second-order valence-corrected chi connectivity index (χ2v) is 14.2. The van der Waals surface area contributed by atoms with Gasteiger partial charge in [-0.05, 0) is 38.5 Å². The van der Waals surface area contributed by atoms with E-state index in [9.17, 15) is 33.9 Å². The molecule has 17 nitrogen and oxygen atoms in total. The Morgan fingerprint density at radius 2 is 0.860 bits per heavy atom. The number of nitrogens with one attached hydrogen (secondary N) is 3. The first-order valence-electron chi connectivity index (χ1n) is 21.1. The van der Waals surface area contributed by atoms with E-state index in [0.29, 0.717) is 84.8 Å². The topological polar surface area (TPSA) is 262 Å². The zero-order chi connectivity index (χ0) is 42.2. The van der Waals surface area contributed by atoms with Gasteiger partial charge in [0.15, 0.2) is 0 Å². The highest BCUT2D eigenvalue weighted by Crippen LogP contribution is 2.14. The van der Waals surface area contributed by atoms with E-state index >= 15 is 0 Å². The van der Waals surface area contributed by atoms with E-state index < -0.39 is 35.9 Å². The van der Waals surface area contributed by atoms with E-state index in [1.165, 1.54) is 51.4 Å². The van der Waals surface area contributed by atoms with E-state index in [1.807, 2.05) is 0 Å². The van der Waals surface area contributed by atoms with Gasteiger partial charge in [0, 0.05) is 38.8 Å². The minimum atomic E-state index is -1.25. The average Bonchev–Trinajstić information content (AvgIpc) is 3.17. The zero-order valence-electron chi connectivity index (χ0n) is 34.3. The van der Waals surface area contributed by atoms with Crippen molar-refractivity contribution in [3.05, 3.63) is 0 Å². The number of carbonyl (C=O) groups excluding carboxylic acids is 3. The molecule has 0 radical (unpaired) electrons. The third kappa shape index (κ3) is 39.2. The molecular weight excluding hydrogens is 744 g/mol. The molecule has 0 aromatic carbocycles. The fourth-order valence-corrected chi connectivity index (χ4v) is 5.69. The zero-order valence-corrected chi connectivity index (χ0v) is 34.3. The number of nitrogens with two attached hydrogens (primary N) is 1. The molecule has 0 rings (SSSR count). The number of ether oxygens (including phenoxy) is 4. The molecule has 0 aromatic heterocycles. The largest absolute Gasteiger partial charge is 0.481 e. The molecule has 0 unspecified atom stereocenters. The summed E-state index contributed by atoms with van der Waals surface area (Å²) in [6.45, 7) is 3.34. The first-order valence-corrected chi connectivity index (χ1v) is 21.1. The number of carboxylic acid groups (broad SMARTS) is 3. The molecule has 0 saturated carbocycles. The van der Waals surface area contributed by atoms with Gasteiger partial charge in [0.1, 0.15) is 12.1 Å². The molecule has 0 aliphatic carbocycles. The number of hydrogen-bond donors (Lipinski definition) is 7. The van der Waals surface area contributed by atoms with Gasteiger partial charge in [0.2, 0.25) is 17.7 Å². The summed E-state index contributed by atoms with van der Waals surface area (Å²) in [6.07, 6.45) is 18.1. The third-order valence-electron chi connectivity index (χ3n) is 9.08. The SMILES string of the molecule is N[C@@H](CCCCNC(=O)CC[C@H](NC(=O)CCOCCOCCOCCOCCNC(=O)CCCCCCCCCCCCCCCCC(=O)O)C(=O)O)C(=O)O. The van der Waals surface area contributed by atoms with Crippen LogP contribution < -0.4 is 21.7 Å². The molecule has 17 heteroatoms. The molecule has 8 N–H and O–H groups in total. The van der Waals surface area contributed by atoms with Gasteiger partial charge in [-0.2, -0.15) is 0 Å². The Morgan fingerprint density at radius 1 is 0.421 bits per heavy atom. The fourth-order valence-electron chi connectivity index (χ4n) is 5.69. The molecule has 0 aromatic rings. The average molecular weight is 819 g/mol. The molecule has 57 heavy (non-hydrogen) atoms. The fraction of sp³-hybridized carbons (Fsp3) is 0.850. The van der Waals surface area contributed by atoms with Crippen molar-refractivity contribution < 1.29 is 63.0 Å². The third-order valence-corrected chi connectivity index (χ3v) is 9.08. The maximum Gasteiger partial charge on any atom is 0.326 e. The lowest BCUT2D eigenvalue weighted by Crippen LogP contribution is -2.42. The van der Waals surface area contributed by atoms with Crippen molar-refractivity contribution in [1.82, 2.24) is 16.0 Å². The molecule has 0 bridgehead atoms. The van der Waals surface area contributed by atoms with Crippen molar-refractivity contribution in [2.24, 2.45) is 5.73 Å². The monoisotopic (exact) mass is 819 g/mol. The van der Waals surface area contributed by atoms with Crippen LogP contribution in [0.4, 0.5) is 0 Å². The summed E-state index contributed by atoms with van der Waals surface area (Å²) in [4.78, 5) is 68.9. The maximum absolute atomic E-state index is 12.1. The minimum absolute atomic E-state index is 0.0492. The first kappa shape index (κ1) is 53.6. The van der Waals surface area contributed by atoms with Crippen LogP contribution in [0.1, 0.15) is 141 Å². The predicted molar refractivity (Wildman–Crippen MR) is 214 cm³/mol. The van der Waals surface area contributed by atoms with E-state index in [0.717, 1.165) is 38.5 Å². The Bertz CT molecular complexity index is 1070. The highest BCUT2D eigenvalue weighted by Gasteiger charge is 2.21. The standard InChI is InChI=1S/C40H74N4O13/c41-33(39(50)51)17-15-16-23-42-36(46)21-20-34(40(52)53)44-37(47)22-25-54-27-29-56-31-32-57-30-28-55-26-24-43-35(45)18-13-11-9-7-5-3-1-2-4-6-8-10-12-14-19-38(48)49/h33-34H,1-32,41H2,(H,42,46)(H,43,45)(H,44,47)(H,48,49)(H,50,51)(H,52,53)/t33-,34-/m0/s1. The molecule has 0 fully saturated rings. The Balaban J connectivity index is 3.50. The molecule has 0 aliphatic heterocycles. The second-order valence-electron chi connectivity index (χ2n) is 14.2. The van der Waals surface area contributed by atoms with E-state index in [4.69, 9.17) is 34.9 Å². The van der Waals surface area contributed by atoms with Crippen LogP contribution in [0.15, 0.2) is 0 Å². The van der Waals surface area contributed by atoms with E-state index in [-0.39, 0.29) is 44.3 Å². The molecule has 2 atom stereocenters. The summed E-state index contributed by atoms with van der Waals surface area (Å²) >= 11 is 0. The summed E-state index contributed by atoms with van der Waals surface area (Å²) < 4.78 is 21.7. The number of unbranched alkanes of at least 4 members (excludes halogenated alkanes) is 14. The summed E-state index contributed by atoms with van der Waals surface area (Å²) in [7, 11) is 0. The smallest absolute Gasteiger partial charge is 0.326 e. The molecule has 332 valence electrons. The lowest BCUT2D eigenvalue weighted by atomic mass is 10.0. The van der Waals surface area contributed by atoms with Crippen LogP contribution in [0.2, 0.25) is 0 Å². The van der Waals surface area contributed by atoms with Crippen molar-refractivity contribution >= 4 is 35.6 Å². The summed E-state index contributed by atoms with van der Waals surface area (Å²) in [6, 6.07) is -2.16. The highest BCUT2D eigenvalue weighted by molar-refractivity contribution is 5.84. The van der Waals surface area contributed by atoms with Crippen LogP contribution in [0.3, 0.4) is 0 Å². The number of hydrogen-bond acceptors (Lipinski definition) is 11. The lowest BCUT2D eigenvalue weighted by molar-refractivity contribution is -0.142. The van der Waals surface area contributed by atoms with Gasteiger partial charge in [0.05, 0.1) is 52.9 Å². The number of rotatable bonds is 43. The Hall–Kier alpha value is -3.38. The van der Waals surface area contributed by atoms with E-state index in [2.05, 4.69) is 16.0 Å². The molecule has 0 aliphatic rings. The van der Waals surface area contributed by atoms with Gasteiger partial charge in [-0.3, -0.25) is 24.0 Å². The van der Waals surface area contributed by atoms with Crippen LogP contribution in [-0.4, -0.2) is 129 Å². The molecule has 0 spiro atoms. The predicted octanol–water partition coefficient (Wildman–Crippen LogP) is 3.93. The van der Waals surface area contributed by atoms with Crippen molar-refractivity contribution in [1.29, 1.82) is 0 Å². The van der Waals surface area contributed by atoms with Crippen molar-refractivity contribution in [2.75, 3.05) is 65.9 Å². The Labute approximate surface area is 339 Å².